The number of hydrogen-bond donors (Lipinski definition) is 2. The summed E-state index contributed by atoms with van der Waals surface area (Å²) in [6.45, 7) is 2.89. The third kappa shape index (κ3) is 3.40. The minimum absolute atomic E-state index is 0.250. The average molecular weight is 374 g/mol. The van der Waals surface area contributed by atoms with Gasteiger partial charge in [-0.25, -0.2) is 5.43 Å². The van der Waals surface area contributed by atoms with Gasteiger partial charge in [0.1, 0.15) is 5.69 Å². The lowest BCUT2D eigenvalue weighted by molar-refractivity contribution is 0.398. The van der Waals surface area contributed by atoms with Gasteiger partial charge in [0, 0.05) is 11.0 Å². The first kappa shape index (κ1) is 16.3. The van der Waals surface area contributed by atoms with E-state index in [0.717, 1.165) is 28.7 Å². The number of hydrogen-bond acceptors (Lipinski definition) is 4. The summed E-state index contributed by atoms with van der Waals surface area (Å²) in [4.78, 5) is 0. The number of benzene rings is 1. The fourth-order valence-electron chi connectivity index (χ4n) is 2.24. The van der Waals surface area contributed by atoms with Gasteiger partial charge in [0.15, 0.2) is 5.75 Å². The zero-order valence-corrected chi connectivity index (χ0v) is 14.3. The molecule has 0 fully saturated rings. The smallest absolute Gasteiger partial charge is 0.161 e. The van der Waals surface area contributed by atoms with Crippen molar-refractivity contribution in [2.24, 2.45) is 5.84 Å². The lowest BCUT2D eigenvalue weighted by Gasteiger charge is -2.20. The van der Waals surface area contributed by atoms with Crippen LogP contribution in [-0.2, 0) is 6.54 Å². The van der Waals surface area contributed by atoms with Crippen LogP contribution in [0.3, 0.4) is 0 Å². The molecule has 0 bridgehead atoms. The molecule has 0 saturated heterocycles. The summed E-state index contributed by atoms with van der Waals surface area (Å²) in [6.07, 6.45) is 2.67. The Hall–Kier alpha value is -1.08. The summed E-state index contributed by atoms with van der Waals surface area (Å²) in [7, 11) is 1.62. The Labute approximate surface area is 137 Å². The van der Waals surface area contributed by atoms with Crippen molar-refractivity contribution < 1.29 is 4.74 Å². The Bertz CT molecular complexity index is 617. The van der Waals surface area contributed by atoms with E-state index in [4.69, 9.17) is 22.2 Å². The SMILES string of the molecule is CCCn1ncc(OC)c1C(NN)c1ccc(Br)c(Cl)c1. The summed E-state index contributed by atoms with van der Waals surface area (Å²) >= 11 is 9.57. The third-order valence-electron chi connectivity index (χ3n) is 3.22. The molecule has 2 rings (SSSR count). The Morgan fingerprint density at radius 1 is 1.52 bits per heavy atom. The maximum atomic E-state index is 6.18. The number of hydrazine groups is 1. The van der Waals surface area contributed by atoms with Crippen LogP contribution in [0.2, 0.25) is 5.02 Å². The zero-order chi connectivity index (χ0) is 15.4. The van der Waals surface area contributed by atoms with Crippen LogP contribution in [0.15, 0.2) is 28.9 Å². The third-order valence-corrected chi connectivity index (χ3v) is 4.45. The molecule has 1 heterocycles. The fourth-order valence-corrected chi connectivity index (χ4v) is 2.68. The van der Waals surface area contributed by atoms with Crippen LogP contribution >= 0.6 is 27.5 Å². The predicted molar refractivity (Wildman–Crippen MR) is 87.4 cm³/mol. The largest absolute Gasteiger partial charge is 0.493 e. The number of nitrogens with one attached hydrogen (secondary N) is 1. The van der Waals surface area contributed by atoms with Crippen molar-refractivity contribution >= 4 is 27.5 Å². The molecule has 0 amide bonds. The van der Waals surface area contributed by atoms with Crippen LogP contribution in [0.5, 0.6) is 5.75 Å². The first-order valence-corrected chi connectivity index (χ1v) is 7.80. The molecule has 2 aromatic rings. The van der Waals surface area contributed by atoms with E-state index < -0.39 is 0 Å². The van der Waals surface area contributed by atoms with Gasteiger partial charge in [0.25, 0.3) is 0 Å². The number of rotatable bonds is 6. The normalized spacial score (nSPS) is 12.4. The van der Waals surface area contributed by atoms with E-state index in [1.54, 1.807) is 13.3 Å². The molecular formula is C14H18BrClN4O. The van der Waals surface area contributed by atoms with E-state index >= 15 is 0 Å². The molecule has 0 radical (unpaired) electrons. The standard InChI is InChI=1S/C14H18BrClN4O/c1-3-6-20-14(12(21-2)8-18-20)13(19-17)9-4-5-10(15)11(16)7-9/h4-5,7-8,13,19H,3,6,17H2,1-2H3. The second-order valence-corrected chi connectivity index (χ2v) is 5.86. The molecule has 0 aliphatic carbocycles. The quantitative estimate of drug-likeness (QED) is 0.602. The van der Waals surface area contributed by atoms with Crippen LogP contribution in [0.25, 0.3) is 0 Å². The summed E-state index contributed by atoms with van der Waals surface area (Å²) < 4.78 is 8.16. The highest BCUT2D eigenvalue weighted by molar-refractivity contribution is 9.10. The lowest BCUT2D eigenvalue weighted by atomic mass is 10.0. The zero-order valence-electron chi connectivity index (χ0n) is 11.9. The Balaban J connectivity index is 2.49. The number of nitrogens with zero attached hydrogens (tertiary/aromatic N) is 2. The van der Waals surface area contributed by atoms with Gasteiger partial charge in [-0.05, 0) is 40.0 Å². The molecule has 7 heteroatoms. The van der Waals surface area contributed by atoms with Crippen LogP contribution in [-0.4, -0.2) is 16.9 Å². The van der Waals surface area contributed by atoms with Crippen molar-refractivity contribution in [2.75, 3.05) is 7.11 Å². The summed E-state index contributed by atoms with van der Waals surface area (Å²) in [5.74, 6) is 6.47. The molecule has 0 saturated carbocycles. The van der Waals surface area contributed by atoms with Gasteiger partial charge in [-0.15, -0.1) is 0 Å². The molecule has 0 aliphatic heterocycles. The Morgan fingerprint density at radius 2 is 2.29 bits per heavy atom. The molecule has 21 heavy (non-hydrogen) atoms. The van der Waals surface area contributed by atoms with Crippen molar-refractivity contribution in [3.63, 3.8) is 0 Å². The number of nitrogens with two attached hydrogens (primary N) is 1. The van der Waals surface area contributed by atoms with E-state index in [0.29, 0.717) is 10.8 Å². The van der Waals surface area contributed by atoms with Gasteiger partial charge in [0.2, 0.25) is 0 Å². The van der Waals surface area contributed by atoms with Gasteiger partial charge >= 0.3 is 0 Å². The van der Waals surface area contributed by atoms with Crippen LogP contribution < -0.4 is 16.0 Å². The van der Waals surface area contributed by atoms with Gasteiger partial charge < -0.3 is 4.74 Å². The first-order chi connectivity index (χ1) is 10.1. The molecular weight excluding hydrogens is 356 g/mol. The van der Waals surface area contributed by atoms with E-state index in [1.165, 1.54) is 0 Å². The summed E-state index contributed by atoms with van der Waals surface area (Å²) in [5, 5.41) is 5.00. The maximum Gasteiger partial charge on any atom is 0.161 e. The maximum absolute atomic E-state index is 6.18. The number of methoxy groups -OCH3 is 1. The van der Waals surface area contributed by atoms with Crippen LogP contribution in [0.4, 0.5) is 0 Å². The fraction of sp³-hybridized carbons (Fsp3) is 0.357. The number of aryl methyl sites for hydroxylation is 1. The van der Waals surface area contributed by atoms with Crippen molar-refractivity contribution in [1.82, 2.24) is 15.2 Å². The molecule has 1 aromatic heterocycles. The molecule has 5 nitrogen and oxygen atoms in total. The monoisotopic (exact) mass is 372 g/mol. The minimum Gasteiger partial charge on any atom is -0.493 e. The average Bonchev–Trinajstić information content (AvgIpc) is 2.87. The van der Waals surface area contributed by atoms with Crippen LogP contribution in [0.1, 0.15) is 30.6 Å². The van der Waals surface area contributed by atoms with Crippen molar-refractivity contribution in [3.8, 4) is 5.75 Å². The van der Waals surface area contributed by atoms with E-state index in [2.05, 4.69) is 33.4 Å². The van der Waals surface area contributed by atoms with Gasteiger partial charge in [-0.2, -0.15) is 5.10 Å². The van der Waals surface area contributed by atoms with Crippen LogP contribution in [0, 0.1) is 0 Å². The predicted octanol–water partition coefficient (Wildman–Crippen LogP) is 3.27. The molecule has 3 N–H and O–H groups in total. The van der Waals surface area contributed by atoms with Gasteiger partial charge in [-0.3, -0.25) is 10.5 Å². The van der Waals surface area contributed by atoms with Crippen molar-refractivity contribution in [1.29, 1.82) is 0 Å². The Morgan fingerprint density at radius 3 is 2.86 bits per heavy atom. The molecule has 1 aromatic carbocycles. The minimum atomic E-state index is -0.250. The van der Waals surface area contributed by atoms with Crippen molar-refractivity contribution in [3.05, 3.63) is 45.1 Å². The van der Waals surface area contributed by atoms with Gasteiger partial charge in [-0.1, -0.05) is 24.6 Å². The second kappa shape index (κ2) is 7.26. The number of ether oxygens (including phenoxy) is 1. The molecule has 1 atom stereocenters. The Kier molecular flexibility index (Phi) is 5.64. The van der Waals surface area contributed by atoms with Gasteiger partial charge in [0.05, 0.1) is 24.4 Å². The highest BCUT2D eigenvalue weighted by atomic mass is 79.9. The molecule has 114 valence electrons. The molecule has 1 unspecified atom stereocenters. The molecule has 0 spiro atoms. The van der Waals surface area contributed by atoms with Crippen molar-refractivity contribution in [2.45, 2.75) is 25.9 Å². The van der Waals surface area contributed by atoms with E-state index in [-0.39, 0.29) is 6.04 Å². The molecule has 0 aliphatic rings. The van der Waals surface area contributed by atoms with E-state index in [9.17, 15) is 0 Å². The summed E-state index contributed by atoms with van der Waals surface area (Å²) in [6, 6.07) is 5.48. The second-order valence-electron chi connectivity index (χ2n) is 4.59. The lowest BCUT2D eigenvalue weighted by Crippen LogP contribution is -2.31. The highest BCUT2D eigenvalue weighted by Gasteiger charge is 2.23. The number of halogens is 2. The topological polar surface area (TPSA) is 65.1 Å². The highest BCUT2D eigenvalue weighted by Crippen LogP contribution is 2.32. The summed E-state index contributed by atoms with van der Waals surface area (Å²) in [5.41, 5.74) is 4.66. The first-order valence-electron chi connectivity index (χ1n) is 6.63. The number of aromatic nitrogens is 2. The van der Waals surface area contributed by atoms with E-state index in [1.807, 2.05) is 22.9 Å².